The smallest absolute Gasteiger partial charge is 0.338 e. The summed E-state index contributed by atoms with van der Waals surface area (Å²) in [4.78, 5) is 11.9. The van der Waals surface area contributed by atoms with E-state index < -0.39 is 8.24 Å². The van der Waals surface area contributed by atoms with Crippen molar-refractivity contribution in [3.05, 3.63) is 60.3 Å². The zero-order valence-corrected chi connectivity index (χ0v) is 18.6. The van der Waals surface area contributed by atoms with Crippen LogP contribution in [0, 0.1) is 0 Å². The fourth-order valence-electron chi connectivity index (χ4n) is 3.07. The summed E-state index contributed by atoms with van der Waals surface area (Å²) in [7, 11) is -1.69. The SMILES string of the molecule is CCOC(=O)c1cccc(Oc2ccc3c(ccn3[Si](C)(C)C(C)(C)C)c2)c1. The zero-order valence-electron chi connectivity index (χ0n) is 17.6. The molecule has 2 aromatic carbocycles. The number of carbonyl (C=O) groups excluding carboxylic acids is 1. The molecule has 3 aromatic rings. The Morgan fingerprint density at radius 3 is 2.43 bits per heavy atom. The standard InChI is InChI=1S/C23H29NO3Si/c1-7-26-22(25)18-9-8-10-19(16-18)27-20-11-12-21-17(15-20)13-14-24(21)28(5,6)23(2,3)4/h8-16H,7H2,1-6H3. The van der Waals surface area contributed by atoms with Gasteiger partial charge in [0.25, 0.3) is 0 Å². The van der Waals surface area contributed by atoms with Gasteiger partial charge in [0.05, 0.1) is 12.2 Å². The summed E-state index contributed by atoms with van der Waals surface area (Å²) in [6.07, 6.45) is 2.20. The molecule has 1 heterocycles. The molecule has 0 N–H and O–H groups in total. The number of esters is 1. The fourth-order valence-corrected chi connectivity index (χ4v) is 5.05. The van der Waals surface area contributed by atoms with Gasteiger partial charge in [0.15, 0.2) is 8.24 Å². The molecule has 0 amide bonds. The Bertz CT molecular complexity index is 998. The van der Waals surface area contributed by atoms with E-state index in [9.17, 15) is 4.79 Å². The zero-order chi connectivity index (χ0) is 20.5. The van der Waals surface area contributed by atoms with Crippen LogP contribution in [-0.4, -0.2) is 25.0 Å². The molecule has 0 aliphatic carbocycles. The molecule has 0 aliphatic heterocycles. The van der Waals surface area contributed by atoms with Gasteiger partial charge in [0.2, 0.25) is 0 Å². The molecule has 0 fully saturated rings. The van der Waals surface area contributed by atoms with Crippen molar-refractivity contribution in [3.8, 4) is 11.5 Å². The van der Waals surface area contributed by atoms with Crippen LogP contribution in [0.4, 0.5) is 0 Å². The lowest BCUT2D eigenvalue weighted by Crippen LogP contribution is -2.44. The van der Waals surface area contributed by atoms with Gasteiger partial charge in [-0.15, -0.1) is 0 Å². The van der Waals surface area contributed by atoms with Crippen LogP contribution in [0.5, 0.6) is 11.5 Å². The third kappa shape index (κ3) is 3.85. The minimum Gasteiger partial charge on any atom is -0.462 e. The van der Waals surface area contributed by atoms with Crippen molar-refractivity contribution in [2.24, 2.45) is 0 Å². The molecule has 148 valence electrons. The molecule has 0 aliphatic rings. The Labute approximate surface area is 168 Å². The highest BCUT2D eigenvalue weighted by Crippen LogP contribution is 2.39. The van der Waals surface area contributed by atoms with E-state index in [0.717, 1.165) is 11.1 Å². The van der Waals surface area contributed by atoms with Crippen LogP contribution in [0.2, 0.25) is 18.1 Å². The second-order valence-corrected chi connectivity index (χ2v) is 13.7. The van der Waals surface area contributed by atoms with Crippen molar-refractivity contribution < 1.29 is 14.3 Å². The van der Waals surface area contributed by atoms with E-state index in [4.69, 9.17) is 9.47 Å². The summed E-state index contributed by atoms with van der Waals surface area (Å²) in [5.74, 6) is 1.03. The number of aromatic nitrogens is 1. The molecule has 0 saturated heterocycles. The van der Waals surface area contributed by atoms with Crippen molar-refractivity contribution in [1.29, 1.82) is 0 Å². The first-order chi connectivity index (χ1) is 13.1. The Morgan fingerprint density at radius 1 is 1.04 bits per heavy atom. The molecule has 0 radical (unpaired) electrons. The minimum absolute atomic E-state index is 0.252. The molecule has 3 rings (SSSR count). The van der Waals surface area contributed by atoms with Crippen LogP contribution in [0.25, 0.3) is 10.9 Å². The second kappa shape index (κ2) is 7.47. The third-order valence-electron chi connectivity index (χ3n) is 5.68. The number of ether oxygens (including phenoxy) is 2. The molecule has 4 nitrogen and oxygen atoms in total. The molecule has 0 saturated carbocycles. The third-order valence-corrected chi connectivity index (χ3v) is 10.9. The number of rotatable bonds is 5. The predicted molar refractivity (Wildman–Crippen MR) is 117 cm³/mol. The van der Waals surface area contributed by atoms with Gasteiger partial charge >= 0.3 is 5.97 Å². The van der Waals surface area contributed by atoms with E-state index in [1.165, 1.54) is 5.52 Å². The van der Waals surface area contributed by atoms with Crippen LogP contribution < -0.4 is 4.74 Å². The largest absolute Gasteiger partial charge is 0.462 e. The van der Waals surface area contributed by atoms with Crippen LogP contribution in [0.1, 0.15) is 38.1 Å². The van der Waals surface area contributed by atoms with Gasteiger partial charge in [-0.25, -0.2) is 4.79 Å². The predicted octanol–water partition coefficient (Wildman–Crippen LogP) is 6.46. The van der Waals surface area contributed by atoms with Gasteiger partial charge in [0.1, 0.15) is 11.5 Å². The number of hydrogen-bond acceptors (Lipinski definition) is 3. The van der Waals surface area contributed by atoms with E-state index in [1.807, 2.05) is 12.1 Å². The van der Waals surface area contributed by atoms with Gasteiger partial charge in [-0.3, -0.25) is 0 Å². The summed E-state index contributed by atoms with van der Waals surface area (Å²) in [5.41, 5.74) is 1.73. The highest BCUT2D eigenvalue weighted by Gasteiger charge is 2.38. The topological polar surface area (TPSA) is 40.5 Å². The minimum atomic E-state index is -1.69. The monoisotopic (exact) mass is 395 g/mol. The number of carbonyl (C=O) groups is 1. The molecule has 0 spiro atoms. The molecular weight excluding hydrogens is 366 g/mol. The summed E-state index contributed by atoms with van der Waals surface area (Å²) in [6, 6.07) is 15.4. The van der Waals surface area contributed by atoms with Crippen LogP contribution in [-0.2, 0) is 4.74 Å². The molecule has 5 heteroatoms. The summed E-state index contributed by atoms with van der Waals surface area (Å²) >= 11 is 0. The van der Waals surface area contributed by atoms with Crippen molar-refractivity contribution in [2.45, 2.75) is 45.8 Å². The summed E-state index contributed by atoms with van der Waals surface area (Å²) in [6.45, 7) is 13.9. The molecule has 0 unspecified atom stereocenters. The molecule has 1 aromatic heterocycles. The van der Waals surface area contributed by atoms with Gasteiger partial charge in [-0.2, -0.15) is 0 Å². The lowest BCUT2D eigenvalue weighted by Gasteiger charge is -2.38. The lowest BCUT2D eigenvalue weighted by atomic mass is 10.2. The normalized spacial score (nSPS) is 12.2. The number of benzene rings is 2. The van der Waals surface area contributed by atoms with E-state index in [1.54, 1.807) is 25.1 Å². The summed E-state index contributed by atoms with van der Waals surface area (Å²) < 4.78 is 13.5. The average molecular weight is 396 g/mol. The number of fused-ring (bicyclic) bond motifs is 1. The Kier molecular flexibility index (Phi) is 5.39. The van der Waals surface area contributed by atoms with Crippen molar-refractivity contribution in [2.75, 3.05) is 6.61 Å². The first-order valence-electron chi connectivity index (χ1n) is 9.70. The van der Waals surface area contributed by atoms with Gasteiger partial charge in [-0.1, -0.05) is 39.9 Å². The first kappa shape index (κ1) is 20.2. The van der Waals surface area contributed by atoms with E-state index >= 15 is 0 Å². The maximum atomic E-state index is 11.9. The molecule has 28 heavy (non-hydrogen) atoms. The van der Waals surface area contributed by atoms with Gasteiger partial charge in [0, 0.05) is 10.9 Å². The van der Waals surface area contributed by atoms with E-state index in [2.05, 4.69) is 62.5 Å². The fraction of sp³-hybridized carbons (Fsp3) is 0.348. The first-order valence-corrected chi connectivity index (χ1v) is 12.6. The van der Waals surface area contributed by atoms with Gasteiger partial charge < -0.3 is 13.7 Å². The Morgan fingerprint density at radius 2 is 1.75 bits per heavy atom. The van der Waals surface area contributed by atoms with E-state index in [-0.39, 0.29) is 11.0 Å². The Balaban J connectivity index is 1.89. The Hall–Kier alpha value is -2.53. The van der Waals surface area contributed by atoms with Crippen molar-refractivity contribution in [3.63, 3.8) is 0 Å². The second-order valence-electron chi connectivity index (χ2n) is 8.57. The molecular formula is C23H29NO3Si. The molecule has 0 atom stereocenters. The maximum Gasteiger partial charge on any atom is 0.338 e. The average Bonchev–Trinajstić information content (AvgIpc) is 3.05. The highest BCUT2D eigenvalue weighted by atomic mass is 28.3. The van der Waals surface area contributed by atoms with E-state index in [0.29, 0.717) is 17.9 Å². The maximum absolute atomic E-state index is 11.9. The number of hydrogen-bond donors (Lipinski definition) is 0. The molecule has 0 bridgehead atoms. The van der Waals surface area contributed by atoms with Gasteiger partial charge in [-0.05, 0) is 60.6 Å². The van der Waals surface area contributed by atoms with Crippen LogP contribution in [0.3, 0.4) is 0 Å². The van der Waals surface area contributed by atoms with Crippen LogP contribution in [0.15, 0.2) is 54.7 Å². The van der Waals surface area contributed by atoms with Crippen molar-refractivity contribution in [1.82, 2.24) is 4.23 Å². The lowest BCUT2D eigenvalue weighted by molar-refractivity contribution is 0.0526. The quantitative estimate of drug-likeness (QED) is 0.367. The van der Waals surface area contributed by atoms with Crippen molar-refractivity contribution >= 4 is 25.1 Å². The highest BCUT2D eigenvalue weighted by molar-refractivity contribution is 6.79. The van der Waals surface area contributed by atoms with Crippen LogP contribution >= 0.6 is 0 Å². The number of nitrogens with zero attached hydrogens (tertiary/aromatic N) is 1. The summed E-state index contributed by atoms with van der Waals surface area (Å²) in [5, 5.41) is 1.41.